The van der Waals surface area contributed by atoms with Gasteiger partial charge in [-0.3, -0.25) is 4.57 Å². The second-order valence-corrected chi connectivity index (χ2v) is 6.47. The zero-order valence-corrected chi connectivity index (χ0v) is 12.1. The summed E-state index contributed by atoms with van der Waals surface area (Å²) in [5.74, 6) is 2.24. The first-order valence-corrected chi connectivity index (χ1v) is 7.99. The number of imidazole rings is 1. The van der Waals surface area contributed by atoms with E-state index in [-0.39, 0.29) is 17.0 Å². The molecule has 0 spiro atoms. The lowest BCUT2D eigenvalue weighted by molar-refractivity contribution is -0.136. The van der Waals surface area contributed by atoms with Crippen LogP contribution in [0.1, 0.15) is 18.4 Å². The highest BCUT2D eigenvalue weighted by atomic mass is 32.2. The highest BCUT2D eigenvalue weighted by Gasteiger charge is 2.34. The number of para-hydroxylation sites is 1. The van der Waals surface area contributed by atoms with Gasteiger partial charge >= 0.3 is 11.9 Å². The molecule has 1 aliphatic heterocycles. The minimum Gasteiger partial charge on any atom is -0.306 e. The second kappa shape index (κ2) is 5.44. The minimum absolute atomic E-state index is 0.0226. The maximum absolute atomic E-state index is 13.2. The van der Waals surface area contributed by atoms with E-state index >= 15 is 0 Å². The minimum atomic E-state index is -4.46. The normalized spacial score (nSPS) is 20.0. The quantitative estimate of drug-likeness (QED) is 0.921. The predicted octanol–water partition coefficient (Wildman–Crippen LogP) is 3.49. The molecule has 2 heterocycles. The van der Waals surface area contributed by atoms with Crippen LogP contribution in [-0.4, -0.2) is 21.1 Å². The Morgan fingerprint density at radius 1 is 1.38 bits per heavy atom. The van der Waals surface area contributed by atoms with Gasteiger partial charge in [-0.05, 0) is 42.4 Å². The molecule has 1 aliphatic rings. The SMILES string of the molecule is O=c1[nH]c2cccc(C(F)(F)F)c2n1CC1CCCSC1. The van der Waals surface area contributed by atoms with Gasteiger partial charge in [0.2, 0.25) is 0 Å². The molecule has 0 aliphatic carbocycles. The summed E-state index contributed by atoms with van der Waals surface area (Å²) in [7, 11) is 0. The molecule has 1 N–H and O–H groups in total. The highest BCUT2D eigenvalue weighted by molar-refractivity contribution is 7.99. The smallest absolute Gasteiger partial charge is 0.306 e. The van der Waals surface area contributed by atoms with Gasteiger partial charge in [0.15, 0.2) is 0 Å². The Bertz CT molecular complexity index is 698. The van der Waals surface area contributed by atoms with Crippen LogP contribution in [0.5, 0.6) is 0 Å². The number of hydrogen-bond acceptors (Lipinski definition) is 2. The average Bonchev–Trinajstić information content (AvgIpc) is 2.75. The summed E-state index contributed by atoms with van der Waals surface area (Å²) < 4.78 is 40.7. The number of rotatable bonds is 2. The largest absolute Gasteiger partial charge is 0.418 e. The van der Waals surface area contributed by atoms with Crippen molar-refractivity contribution in [2.75, 3.05) is 11.5 Å². The number of halogens is 3. The zero-order valence-electron chi connectivity index (χ0n) is 11.2. The lowest BCUT2D eigenvalue weighted by Gasteiger charge is -2.22. The van der Waals surface area contributed by atoms with Gasteiger partial charge in [0.1, 0.15) is 0 Å². The summed E-state index contributed by atoms with van der Waals surface area (Å²) in [5.41, 5.74) is -0.983. The zero-order chi connectivity index (χ0) is 15.0. The van der Waals surface area contributed by atoms with Gasteiger partial charge in [-0.25, -0.2) is 4.79 Å². The standard InChI is InChI=1S/C14H15F3N2OS/c15-14(16,17)10-4-1-5-11-12(10)19(13(20)18-11)7-9-3-2-6-21-8-9/h1,4-5,9H,2-3,6-8H2,(H,18,20). The lowest BCUT2D eigenvalue weighted by Crippen LogP contribution is -2.25. The van der Waals surface area contributed by atoms with E-state index in [0.29, 0.717) is 6.54 Å². The van der Waals surface area contributed by atoms with Crippen molar-refractivity contribution in [3.63, 3.8) is 0 Å². The van der Waals surface area contributed by atoms with Crippen LogP contribution < -0.4 is 5.69 Å². The Balaban J connectivity index is 2.08. The number of fused-ring (bicyclic) bond motifs is 1. The summed E-state index contributed by atoms with van der Waals surface area (Å²) >= 11 is 1.80. The van der Waals surface area contributed by atoms with E-state index in [1.54, 1.807) is 11.8 Å². The van der Waals surface area contributed by atoms with Gasteiger partial charge < -0.3 is 4.98 Å². The van der Waals surface area contributed by atoms with Crippen LogP contribution in [0.4, 0.5) is 13.2 Å². The maximum atomic E-state index is 13.2. The van der Waals surface area contributed by atoms with E-state index in [9.17, 15) is 18.0 Å². The molecule has 7 heteroatoms. The summed E-state index contributed by atoms with van der Waals surface area (Å²) in [6, 6.07) is 3.86. The Morgan fingerprint density at radius 2 is 2.19 bits per heavy atom. The molecular formula is C14H15F3N2OS. The van der Waals surface area contributed by atoms with Crippen LogP contribution in [0.25, 0.3) is 11.0 Å². The van der Waals surface area contributed by atoms with Crippen LogP contribution in [-0.2, 0) is 12.7 Å². The predicted molar refractivity (Wildman–Crippen MR) is 77.6 cm³/mol. The molecule has 0 radical (unpaired) electrons. The molecule has 1 atom stereocenters. The number of benzene rings is 1. The molecule has 1 unspecified atom stereocenters. The monoisotopic (exact) mass is 316 g/mol. The number of aromatic amines is 1. The summed E-state index contributed by atoms with van der Waals surface area (Å²) in [5, 5.41) is 0. The molecule has 114 valence electrons. The van der Waals surface area contributed by atoms with E-state index in [0.717, 1.165) is 30.4 Å². The van der Waals surface area contributed by atoms with Crippen molar-refractivity contribution in [2.24, 2.45) is 5.92 Å². The van der Waals surface area contributed by atoms with Crippen molar-refractivity contribution in [1.82, 2.24) is 9.55 Å². The van der Waals surface area contributed by atoms with Gasteiger partial charge in [-0.1, -0.05) is 6.07 Å². The first-order chi connectivity index (χ1) is 9.97. The topological polar surface area (TPSA) is 37.8 Å². The third-order valence-electron chi connectivity index (χ3n) is 3.79. The molecule has 1 fully saturated rings. The van der Waals surface area contributed by atoms with Crippen molar-refractivity contribution in [1.29, 1.82) is 0 Å². The Labute approximate surface area is 123 Å². The number of H-pyrrole nitrogens is 1. The van der Waals surface area contributed by atoms with E-state index in [2.05, 4.69) is 4.98 Å². The molecule has 1 aromatic heterocycles. The van der Waals surface area contributed by atoms with E-state index < -0.39 is 17.4 Å². The van der Waals surface area contributed by atoms with E-state index in [1.165, 1.54) is 16.7 Å². The first-order valence-electron chi connectivity index (χ1n) is 6.83. The molecule has 3 rings (SSSR count). The molecule has 0 saturated carbocycles. The fourth-order valence-corrected chi connectivity index (χ4v) is 3.97. The fraction of sp³-hybridized carbons (Fsp3) is 0.500. The number of hydrogen-bond donors (Lipinski definition) is 1. The number of alkyl halides is 3. The third kappa shape index (κ3) is 2.84. The van der Waals surface area contributed by atoms with Crippen LogP contribution in [0.15, 0.2) is 23.0 Å². The van der Waals surface area contributed by atoms with E-state index in [4.69, 9.17) is 0 Å². The molecule has 0 bridgehead atoms. The van der Waals surface area contributed by atoms with Gasteiger partial charge in [0.25, 0.3) is 0 Å². The molecule has 3 nitrogen and oxygen atoms in total. The maximum Gasteiger partial charge on any atom is 0.418 e. The van der Waals surface area contributed by atoms with Gasteiger partial charge in [-0.15, -0.1) is 0 Å². The van der Waals surface area contributed by atoms with Gasteiger partial charge in [0, 0.05) is 6.54 Å². The number of nitrogens with one attached hydrogen (secondary N) is 1. The molecule has 1 aromatic carbocycles. The second-order valence-electron chi connectivity index (χ2n) is 5.32. The van der Waals surface area contributed by atoms with Crippen molar-refractivity contribution >= 4 is 22.8 Å². The number of thioether (sulfide) groups is 1. The van der Waals surface area contributed by atoms with Crippen LogP contribution in [0, 0.1) is 5.92 Å². The van der Waals surface area contributed by atoms with E-state index in [1.807, 2.05) is 0 Å². The summed E-state index contributed by atoms with van der Waals surface area (Å²) in [4.78, 5) is 14.6. The molecule has 21 heavy (non-hydrogen) atoms. The van der Waals surface area contributed by atoms with Crippen molar-refractivity contribution in [3.05, 3.63) is 34.2 Å². The first kappa shape index (κ1) is 14.6. The third-order valence-corrected chi connectivity index (χ3v) is 5.08. The Hall–Kier alpha value is -1.37. The van der Waals surface area contributed by atoms with Crippen LogP contribution >= 0.6 is 11.8 Å². The summed E-state index contributed by atoms with van der Waals surface area (Å²) in [6.45, 7) is 0.346. The summed E-state index contributed by atoms with van der Waals surface area (Å²) in [6.07, 6.45) is -2.45. The van der Waals surface area contributed by atoms with Gasteiger partial charge in [-0.2, -0.15) is 24.9 Å². The van der Waals surface area contributed by atoms with Crippen LogP contribution in [0.2, 0.25) is 0 Å². The molecule has 2 aromatic rings. The van der Waals surface area contributed by atoms with Crippen molar-refractivity contribution in [2.45, 2.75) is 25.6 Å². The highest BCUT2D eigenvalue weighted by Crippen LogP contribution is 2.34. The van der Waals surface area contributed by atoms with Gasteiger partial charge in [0.05, 0.1) is 16.6 Å². The van der Waals surface area contributed by atoms with Crippen LogP contribution in [0.3, 0.4) is 0 Å². The van der Waals surface area contributed by atoms with Crippen molar-refractivity contribution in [3.8, 4) is 0 Å². The number of nitrogens with zero attached hydrogens (tertiary/aromatic N) is 1. The number of aromatic nitrogens is 2. The molecule has 0 amide bonds. The molecule has 1 saturated heterocycles. The average molecular weight is 316 g/mol. The van der Waals surface area contributed by atoms with Crippen molar-refractivity contribution < 1.29 is 13.2 Å². The Morgan fingerprint density at radius 3 is 2.86 bits per heavy atom. The lowest BCUT2D eigenvalue weighted by atomic mass is 10.1. The molecular weight excluding hydrogens is 301 g/mol. The fourth-order valence-electron chi connectivity index (χ4n) is 2.83. The Kier molecular flexibility index (Phi) is 3.77.